The van der Waals surface area contributed by atoms with Crippen molar-refractivity contribution in [1.82, 2.24) is 15.1 Å². The highest BCUT2D eigenvalue weighted by atomic mass is 16.6. The standard InChI is InChI=1S/C17H28N4O2/c1-6-21(15-11-13(2)12-18-19-15)14-7-9-20(10-8-14)16(22)23-17(3,4)5/h11-12,14H,6-10H2,1-5H3. The molecule has 0 aromatic carbocycles. The molecule has 2 heterocycles. The topological polar surface area (TPSA) is 58.6 Å². The number of aromatic nitrogens is 2. The third-order valence-corrected chi connectivity index (χ3v) is 3.97. The van der Waals surface area contributed by atoms with Crippen LogP contribution in [0.5, 0.6) is 0 Å². The maximum Gasteiger partial charge on any atom is 0.410 e. The summed E-state index contributed by atoms with van der Waals surface area (Å²) < 4.78 is 5.45. The van der Waals surface area contributed by atoms with Crippen molar-refractivity contribution < 1.29 is 9.53 Å². The predicted octanol–water partition coefficient (Wildman–Crippen LogP) is 3.01. The molecule has 1 amide bonds. The largest absolute Gasteiger partial charge is 0.444 e. The van der Waals surface area contributed by atoms with E-state index in [-0.39, 0.29) is 6.09 Å². The van der Waals surface area contributed by atoms with Gasteiger partial charge in [-0.1, -0.05) is 0 Å². The summed E-state index contributed by atoms with van der Waals surface area (Å²) in [5.41, 5.74) is 0.667. The molecule has 1 fully saturated rings. The Labute approximate surface area is 138 Å². The molecule has 6 heteroatoms. The molecule has 1 saturated heterocycles. The zero-order valence-corrected chi connectivity index (χ0v) is 14.9. The monoisotopic (exact) mass is 320 g/mol. The van der Waals surface area contributed by atoms with Crippen LogP contribution in [0.1, 0.15) is 46.1 Å². The van der Waals surface area contributed by atoms with E-state index in [9.17, 15) is 4.79 Å². The number of amides is 1. The molecule has 0 saturated carbocycles. The minimum atomic E-state index is -0.444. The van der Waals surface area contributed by atoms with Crippen LogP contribution in [0.3, 0.4) is 0 Å². The van der Waals surface area contributed by atoms with Gasteiger partial charge >= 0.3 is 6.09 Å². The fourth-order valence-corrected chi connectivity index (χ4v) is 2.88. The molecule has 0 spiro atoms. The Morgan fingerprint density at radius 2 is 2.04 bits per heavy atom. The number of anilines is 1. The quantitative estimate of drug-likeness (QED) is 0.857. The second kappa shape index (κ2) is 7.15. The van der Waals surface area contributed by atoms with Crippen molar-refractivity contribution in [2.75, 3.05) is 24.5 Å². The zero-order chi connectivity index (χ0) is 17.0. The number of ether oxygens (including phenoxy) is 1. The molecule has 0 unspecified atom stereocenters. The molecular formula is C17H28N4O2. The number of carbonyl (C=O) groups excluding carboxylic acids is 1. The molecule has 1 aliphatic heterocycles. The summed E-state index contributed by atoms with van der Waals surface area (Å²) in [5.74, 6) is 0.920. The van der Waals surface area contributed by atoms with Gasteiger partial charge in [0.2, 0.25) is 0 Å². The lowest BCUT2D eigenvalue weighted by Gasteiger charge is -2.38. The fraction of sp³-hybridized carbons (Fsp3) is 0.706. The maximum absolute atomic E-state index is 12.1. The highest BCUT2D eigenvalue weighted by Gasteiger charge is 2.29. The zero-order valence-electron chi connectivity index (χ0n) is 14.9. The van der Waals surface area contributed by atoms with Crippen LogP contribution in [0.2, 0.25) is 0 Å². The van der Waals surface area contributed by atoms with Gasteiger partial charge in [-0.15, -0.1) is 5.10 Å². The molecule has 1 aromatic heterocycles. The van der Waals surface area contributed by atoms with E-state index in [4.69, 9.17) is 4.74 Å². The Balaban J connectivity index is 1.96. The van der Waals surface area contributed by atoms with Crippen LogP contribution in [-0.4, -0.2) is 52.5 Å². The molecule has 23 heavy (non-hydrogen) atoms. The van der Waals surface area contributed by atoms with Gasteiger partial charge in [-0.2, -0.15) is 5.10 Å². The number of aryl methyl sites for hydroxylation is 1. The molecule has 0 aliphatic carbocycles. The van der Waals surface area contributed by atoms with Gasteiger partial charge in [0.15, 0.2) is 5.82 Å². The molecule has 128 valence electrons. The first kappa shape index (κ1) is 17.5. The fourth-order valence-electron chi connectivity index (χ4n) is 2.88. The minimum Gasteiger partial charge on any atom is -0.444 e. The Morgan fingerprint density at radius 1 is 1.39 bits per heavy atom. The number of piperidine rings is 1. The number of nitrogens with zero attached hydrogens (tertiary/aromatic N) is 4. The van der Waals surface area contributed by atoms with E-state index in [0.717, 1.165) is 43.9 Å². The Hall–Kier alpha value is -1.85. The molecule has 0 atom stereocenters. The van der Waals surface area contributed by atoms with Crippen LogP contribution in [0.4, 0.5) is 10.6 Å². The molecule has 6 nitrogen and oxygen atoms in total. The summed E-state index contributed by atoms with van der Waals surface area (Å²) >= 11 is 0. The van der Waals surface area contributed by atoms with Crippen LogP contribution < -0.4 is 4.90 Å². The SMILES string of the molecule is CCN(c1cc(C)cnn1)C1CCN(C(=O)OC(C)(C)C)CC1. The highest BCUT2D eigenvalue weighted by molar-refractivity contribution is 5.68. The number of carbonyl (C=O) groups is 1. The van der Waals surface area contributed by atoms with Crippen LogP contribution in [0, 0.1) is 6.92 Å². The lowest BCUT2D eigenvalue weighted by atomic mass is 10.0. The summed E-state index contributed by atoms with van der Waals surface area (Å²) in [5, 5.41) is 8.31. The Morgan fingerprint density at radius 3 is 2.57 bits per heavy atom. The van der Waals surface area contributed by atoms with Crippen LogP contribution in [0.15, 0.2) is 12.3 Å². The second-order valence-corrected chi connectivity index (χ2v) is 7.08. The van der Waals surface area contributed by atoms with E-state index in [0.29, 0.717) is 6.04 Å². The van der Waals surface area contributed by atoms with Crippen molar-refractivity contribution in [2.24, 2.45) is 0 Å². The maximum atomic E-state index is 12.1. The summed E-state index contributed by atoms with van der Waals surface area (Å²) in [7, 11) is 0. The first-order valence-electron chi connectivity index (χ1n) is 8.34. The van der Waals surface area contributed by atoms with Gasteiger partial charge < -0.3 is 14.5 Å². The highest BCUT2D eigenvalue weighted by Crippen LogP contribution is 2.23. The smallest absolute Gasteiger partial charge is 0.410 e. The van der Waals surface area contributed by atoms with Crippen molar-refractivity contribution in [1.29, 1.82) is 0 Å². The number of likely N-dealkylation sites (tertiary alicyclic amines) is 1. The van der Waals surface area contributed by atoms with Crippen molar-refractivity contribution in [3.63, 3.8) is 0 Å². The van der Waals surface area contributed by atoms with Crippen molar-refractivity contribution in [3.8, 4) is 0 Å². The Kier molecular flexibility index (Phi) is 5.44. The lowest BCUT2D eigenvalue weighted by molar-refractivity contribution is 0.0205. The molecule has 0 bridgehead atoms. The normalized spacial score (nSPS) is 16.3. The summed E-state index contributed by atoms with van der Waals surface area (Å²) in [6.45, 7) is 12.2. The van der Waals surface area contributed by atoms with Gasteiger partial charge in [0, 0.05) is 25.7 Å². The van der Waals surface area contributed by atoms with Crippen molar-refractivity contribution >= 4 is 11.9 Å². The summed E-state index contributed by atoms with van der Waals surface area (Å²) in [4.78, 5) is 16.2. The van der Waals surface area contributed by atoms with E-state index < -0.39 is 5.60 Å². The third-order valence-electron chi connectivity index (χ3n) is 3.97. The molecular weight excluding hydrogens is 292 g/mol. The third kappa shape index (κ3) is 4.81. The van der Waals surface area contributed by atoms with Gasteiger partial charge in [-0.05, 0) is 59.1 Å². The van der Waals surface area contributed by atoms with Crippen LogP contribution >= 0.6 is 0 Å². The van der Waals surface area contributed by atoms with E-state index in [2.05, 4.69) is 28.1 Å². The van der Waals surface area contributed by atoms with Crippen LogP contribution in [-0.2, 0) is 4.74 Å². The summed E-state index contributed by atoms with van der Waals surface area (Å²) in [6.07, 6.45) is 3.39. The minimum absolute atomic E-state index is 0.214. The average molecular weight is 320 g/mol. The van der Waals surface area contributed by atoms with Gasteiger partial charge in [0.05, 0.1) is 6.20 Å². The average Bonchev–Trinajstić information content (AvgIpc) is 2.47. The first-order chi connectivity index (χ1) is 10.8. The van der Waals surface area contributed by atoms with Crippen LogP contribution in [0.25, 0.3) is 0 Å². The number of hydrogen-bond acceptors (Lipinski definition) is 5. The van der Waals surface area contributed by atoms with Crippen molar-refractivity contribution in [3.05, 3.63) is 17.8 Å². The van der Waals surface area contributed by atoms with E-state index >= 15 is 0 Å². The molecule has 0 radical (unpaired) electrons. The van der Waals surface area contributed by atoms with E-state index in [1.807, 2.05) is 27.7 Å². The van der Waals surface area contributed by atoms with Gasteiger partial charge in [-0.3, -0.25) is 0 Å². The summed E-state index contributed by atoms with van der Waals surface area (Å²) in [6, 6.07) is 2.45. The van der Waals surface area contributed by atoms with Crippen molar-refractivity contribution in [2.45, 2.75) is 59.1 Å². The molecule has 0 N–H and O–H groups in total. The van der Waals surface area contributed by atoms with Gasteiger partial charge in [-0.25, -0.2) is 4.79 Å². The molecule has 1 aromatic rings. The second-order valence-electron chi connectivity index (χ2n) is 7.08. The molecule has 1 aliphatic rings. The van der Waals surface area contributed by atoms with Gasteiger partial charge in [0.25, 0.3) is 0 Å². The predicted molar refractivity (Wildman–Crippen MR) is 90.6 cm³/mol. The number of hydrogen-bond donors (Lipinski definition) is 0. The lowest BCUT2D eigenvalue weighted by Crippen LogP contribution is -2.48. The van der Waals surface area contributed by atoms with E-state index in [1.165, 1.54) is 0 Å². The first-order valence-corrected chi connectivity index (χ1v) is 8.34. The molecule has 2 rings (SSSR count). The van der Waals surface area contributed by atoms with E-state index in [1.54, 1.807) is 11.1 Å². The Bertz CT molecular complexity index is 534. The number of rotatable bonds is 3. The van der Waals surface area contributed by atoms with Gasteiger partial charge in [0.1, 0.15) is 5.60 Å².